The number of non-ortho nitro benzene ring substituents is 1. The molecule has 0 aromatic heterocycles. The van der Waals surface area contributed by atoms with E-state index >= 15 is 0 Å². The summed E-state index contributed by atoms with van der Waals surface area (Å²) in [6.45, 7) is 1.81. The highest BCUT2D eigenvalue weighted by molar-refractivity contribution is 5.97. The molecule has 0 aliphatic carbocycles. The summed E-state index contributed by atoms with van der Waals surface area (Å²) < 4.78 is 5.33. The molecule has 1 aromatic rings. The minimum Gasteiger partial charge on any atom is -0.367 e. The Kier molecular flexibility index (Phi) is 4.38. The van der Waals surface area contributed by atoms with Crippen molar-refractivity contribution in [2.75, 3.05) is 19.7 Å². The Hall–Kier alpha value is -2.05. The van der Waals surface area contributed by atoms with E-state index in [1.807, 2.05) is 0 Å². The molecule has 1 saturated heterocycles. The predicted octanol–water partition coefficient (Wildman–Crippen LogP) is 1.17. The van der Waals surface area contributed by atoms with Gasteiger partial charge in [-0.15, -0.1) is 0 Å². The van der Waals surface area contributed by atoms with Crippen LogP contribution in [0.2, 0.25) is 0 Å². The van der Waals surface area contributed by atoms with Gasteiger partial charge >= 0.3 is 0 Å². The molecule has 1 N–H and O–H groups in total. The van der Waals surface area contributed by atoms with Crippen molar-refractivity contribution < 1.29 is 14.5 Å². The van der Waals surface area contributed by atoms with Gasteiger partial charge in [-0.3, -0.25) is 14.9 Å². The fourth-order valence-corrected chi connectivity index (χ4v) is 1.74. The molecule has 1 fully saturated rings. The van der Waals surface area contributed by atoms with Gasteiger partial charge in [0.2, 0.25) is 0 Å². The first kappa shape index (κ1) is 13.4. The van der Waals surface area contributed by atoms with Crippen LogP contribution < -0.4 is 5.32 Å². The van der Waals surface area contributed by atoms with Crippen LogP contribution in [0.15, 0.2) is 30.3 Å². The summed E-state index contributed by atoms with van der Waals surface area (Å²) in [5, 5.41) is 13.6. The highest BCUT2D eigenvalue weighted by atomic mass is 16.6. The summed E-state index contributed by atoms with van der Waals surface area (Å²) in [6, 6.07) is 6.01. The average molecular weight is 262 g/mol. The smallest absolute Gasteiger partial charge is 0.269 e. The zero-order chi connectivity index (χ0) is 13.7. The number of nitro groups is 1. The van der Waals surface area contributed by atoms with Crippen LogP contribution >= 0.6 is 0 Å². The van der Waals surface area contributed by atoms with Gasteiger partial charge in [-0.05, 0) is 23.8 Å². The van der Waals surface area contributed by atoms with E-state index in [1.165, 1.54) is 18.2 Å². The van der Waals surface area contributed by atoms with Crippen LogP contribution in [0.5, 0.6) is 0 Å². The van der Waals surface area contributed by atoms with E-state index in [2.05, 4.69) is 5.32 Å². The van der Waals surface area contributed by atoms with Crippen LogP contribution in [-0.4, -0.2) is 36.5 Å². The molecule has 0 spiro atoms. The van der Waals surface area contributed by atoms with Gasteiger partial charge < -0.3 is 10.1 Å². The zero-order valence-corrected chi connectivity index (χ0v) is 10.2. The molecule has 1 unspecified atom stereocenters. The Morgan fingerprint density at radius 1 is 1.42 bits per heavy atom. The van der Waals surface area contributed by atoms with Crippen LogP contribution in [0, 0.1) is 10.1 Å². The zero-order valence-electron chi connectivity index (χ0n) is 10.2. The fourth-order valence-electron chi connectivity index (χ4n) is 1.74. The number of ether oxygens (including phenoxy) is 1. The standard InChI is InChI=1S/C13H14N2O4/c16-12(13-9-14-7-8-19-13)6-3-10-1-4-11(5-2-10)15(17)18/h1-6,13-14H,7-9H2. The average Bonchev–Trinajstić information content (AvgIpc) is 2.46. The maximum atomic E-state index is 11.8. The molecule has 0 amide bonds. The lowest BCUT2D eigenvalue weighted by molar-refractivity contribution is -0.384. The lowest BCUT2D eigenvalue weighted by atomic mass is 10.1. The maximum absolute atomic E-state index is 11.8. The first-order chi connectivity index (χ1) is 9.16. The second-order valence-corrected chi connectivity index (χ2v) is 4.15. The van der Waals surface area contributed by atoms with Gasteiger partial charge in [0, 0.05) is 25.2 Å². The van der Waals surface area contributed by atoms with Crippen LogP contribution in [0.4, 0.5) is 5.69 Å². The third-order valence-corrected chi connectivity index (χ3v) is 2.79. The molecule has 0 saturated carbocycles. The van der Waals surface area contributed by atoms with Crippen LogP contribution in [0.3, 0.4) is 0 Å². The third-order valence-electron chi connectivity index (χ3n) is 2.79. The van der Waals surface area contributed by atoms with Crippen molar-refractivity contribution in [1.82, 2.24) is 5.32 Å². The topological polar surface area (TPSA) is 81.5 Å². The second kappa shape index (κ2) is 6.21. The lowest BCUT2D eigenvalue weighted by Gasteiger charge is -2.21. The molecule has 19 heavy (non-hydrogen) atoms. The summed E-state index contributed by atoms with van der Waals surface area (Å²) in [6.07, 6.45) is 2.63. The van der Waals surface area contributed by atoms with Gasteiger partial charge in [-0.2, -0.15) is 0 Å². The number of hydrogen-bond donors (Lipinski definition) is 1. The Labute approximate surface area is 110 Å². The molecule has 0 bridgehead atoms. The summed E-state index contributed by atoms with van der Waals surface area (Å²) in [5.74, 6) is -0.106. The number of carbonyl (C=O) groups excluding carboxylic acids is 1. The number of nitro benzene ring substituents is 1. The van der Waals surface area contributed by atoms with Crippen molar-refractivity contribution in [2.24, 2.45) is 0 Å². The fraction of sp³-hybridized carbons (Fsp3) is 0.308. The maximum Gasteiger partial charge on any atom is 0.269 e. The number of rotatable bonds is 4. The van der Waals surface area contributed by atoms with Crippen molar-refractivity contribution in [3.05, 3.63) is 46.0 Å². The number of ketones is 1. The lowest BCUT2D eigenvalue weighted by Crippen LogP contribution is -2.42. The highest BCUT2D eigenvalue weighted by Gasteiger charge is 2.19. The van der Waals surface area contributed by atoms with E-state index in [0.717, 1.165) is 12.1 Å². The monoisotopic (exact) mass is 262 g/mol. The van der Waals surface area contributed by atoms with E-state index in [4.69, 9.17) is 4.74 Å². The van der Waals surface area contributed by atoms with Crippen molar-refractivity contribution in [3.63, 3.8) is 0 Å². The van der Waals surface area contributed by atoms with Crippen LogP contribution in [-0.2, 0) is 9.53 Å². The molecule has 6 heteroatoms. The predicted molar refractivity (Wildman–Crippen MR) is 69.7 cm³/mol. The Bertz CT molecular complexity index is 490. The van der Waals surface area contributed by atoms with E-state index in [-0.39, 0.29) is 11.5 Å². The summed E-state index contributed by atoms with van der Waals surface area (Å²) in [7, 11) is 0. The quantitative estimate of drug-likeness (QED) is 0.500. The third kappa shape index (κ3) is 3.70. The van der Waals surface area contributed by atoms with E-state index in [0.29, 0.717) is 13.2 Å². The number of nitrogens with zero attached hydrogens (tertiary/aromatic N) is 1. The Balaban J connectivity index is 1.97. The van der Waals surface area contributed by atoms with Gasteiger partial charge in [0.25, 0.3) is 5.69 Å². The van der Waals surface area contributed by atoms with Gasteiger partial charge in [0.1, 0.15) is 6.10 Å². The largest absolute Gasteiger partial charge is 0.367 e. The number of benzene rings is 1. The molecular formula is C13H14N2O4. The SMILES string of the molecule is O=C(C=Cc1ccc([N+](=O)[O-])cc1)C1CNCCO1. The molecular weight excluding hydrogens is 248 g/mol. The van der Waals surface area contributed by atoms with Crippen LogP contribution in [0.25, 0.3) is 6.08 Å². The second-order valence-electron chi connectivity index (χ2n) is 4.15. The number of morpholine rings is 1. The van der Waals surface area contributed by atoms with Crippen molar-refractivity contribution >= 4 is 17.5 Å². The minimum atomic E-state index is -0.458. The van der Waals surface area contributed by atoms with E-state index in [9.17, 15) is 14.9 Å². The van der Waals surface area contributed by atoms with Gasteiger partial charge in [-0.25, -0.2) is 0 Å². The summed E-state index contributed by atoms with van der Waals surface area (Å²) >= 11 is 0. The minimum absolute atomic E-state index is 0.0308. The van der Waals surface area contributed by atoms with Gasteiger partial charge in [-0.1, -0.05) is 6.08 Å². The number of carbonyl (C=O) groups is 1. The highest BCUT2D eigenvalue weighted by Crippen LogP contribution is 2.13. The molecule has 6 nitrogen and oxygen atoms in total. The molecule has 100 valence electrons. The van der Waals surface area contributed by atoms with Crippen molar-refractivity contribution in [3.8, 4) is 0 Å². The molecule has 1 heterocycles. The molecule has 2 rings (SSSR count). The van der Waals surface area contributed by atoms with Gasteiger partial charge in [0.15, 0.2) is 5.78 Å². The van der Waals surface area contributed by atoms with E-state index in [1.54, 1.807) is 18.2 Å². The van der Waals surface area contributed by atoms with E-state index < -0.39 is 11.0 Å². The normalized spacial score (nSPS) is 19.5. The van der Waals surface area contributed by atoms with Crippen LogP contribution in [0.1, 0.15) is 5.56 Å². The van der Waals surface area contributed by atoms with Crippen molar-refractivity contribution in [1.29, 1.82) is 0 Å². The molecule has 1 aliphatic heterocycles. The summed E-state index contributed by atoms with van der Waals surface area (Å²) in [4.78, 5) is 21.8. The summed E-state index contributed by atoms with van der Waals surface area (Å²) in [5.41, 5.74) is 0.769. The van der Waals surface area contributed by atoms with Crippen molar-refractivity contribution in [2.45, 2.75) is 6.10 Å². The van der Waals surface area contributed by atoms with Gasteiger partial charge in [0.05, 0.1) is 11.5 Å². The Morgan fingerprint density at radius 3 is 2.74 bits per heavy atom. The molecule has 1 aromatic carbocycles. The molecule has 1 aliphatic rings. The molecule has 1 atom stereocenters. The first-order valence-electron chi connectivity index (χ1n) is 5.95. The molecule has 0 radical (unpaired) electrons. The number of nitrogens with one attached hydrogen (secondary N) is 1. The Morgan fingerprint density at radius 2 is 2.16 bits per heavy atom. The first-order valence-corrected chi connectivity index (χ1v) is 5.95. The number of hydrogen-bond acceptors (Lipinski definition) is 5.